The van der Waals surface area contributed by atoms with E-state index in [1.54, 1.807) is 12.1 Å². The van der Waals surface area contributed by atoms with Crippen molar-refractivity contribution in [2.45, 2.75) is 38.2 Å². The Kier molecular flexibility index (Phi) is 5.49. The highest BCUT2D eigenvalue weighted by Crippen LogP contribution is 2.22. The van der Waals surface area contributed by atoms with Gasteiger partial charge >= 0.3 is 0 Å². The van der Waals surface area contributed by atoms with Crippen molar-refractivity contribution in [3.63, 3.8) is 0 Å². The summed E-state index contributed by atoms with van der Waals surface area (Å²) in [5, 5.41) is 0. The first kappa shape index (κ1) is 16.2. The highest BCUT2D eigenvalue weighted by atomic mass is 19.1. The van der Waals surface area contributed by atoms with Gasteiger partial charge in [-0.1, -0.05) is 6.07 Å². The van der Waals surface area contributed by atoms with Crippen LogP contribution in [0, 0.1) is 11.7 Å². The molecule has 126 valence electrons. The van der Waals surface area contributed by atoms with Crippen molar-refractivity contribution >= 4 is 5.91 Å². The predicted octanol–water partition coefficient (Wildman–Crippen LogP) is 3.01. The summed E-state index contributed by atoms with van der Waals surface area (Å²) in [6, 6.07) is 6.23. The molecule has 1 aromatic carbocycles. The number of piperidine rings is 1. The molecule has 0 aliphatic carbocycles. The van der Waals surface area contributed by atoms with Gasteiger partial charge in [0.15, 0.2) is 0 Å². The number of ether oxygens (including phenoxy) is 2. The Hall–Kier alpha value is -1.62. The van der Waals surface area contributed by atoms with E-state index in [-0.39, 0.29) is 17.8 Å². The lowest BCUT2D eigenvalue weighted by Gasteiger charge is -2.33. The molecule has 0 N–H and O–H groups in total. The molecule has 0 radical (unpaired) electrons. The Morgan fingerprint density at radius 1 is 1.30 bits per heavy atom. The molecule has 23 heavy (non-hydrogen) atoms. The first-order chi connectivity index (χ1) is 11.2. The third-order valence-corrected chi connectivity index (χ3v) is 4.61. The van der Waals surface area contributed by atoms with E-state index in [1.165, 1.54) is 12.1 Å². The second kappa shape index (κ2) is 7.77. The fourth-order valence-corrected chi connectivity index (χ4v) is 3.30. The van der Waals surface area contributed by atoms with Gasteiger partial charge < -0.3 is 14.4 Å². The second-order valence-electron chi connectivity index (χ2n) is 6.44. The van der Waals surface area contributed by atoms with E-state index >= 15 is 0 Å². The van der Waals surface area contributed by atoms with Gasteiger partial charge in [0.2, 0.25) is 5.91 Å². The minimum absolute atomic E-state index is 0.0545. The molecule has 1 amide bonds. The highest BCUT2D eigenvalue weighted by molar-refractivity contribution is 5.76. The summed E-state index contributed by atoms with van der Waals surface area (Å²) in [6.07, 6.45) is 4.38. The summed E-state index contributed by atoms with van der Waals surface area (Å²) in [5.74, 6) is 0.876. The van der Waals surface area contributed by atoms with Crippen molar-refractivity contribution in [3.8, 4) is 5.75 Å². The topological polar surface area (TPSA) is 38.8 Å². The van der Waals surface area contributed by atoms with Gasteiger partial charge in [-0.25, -0.2) is 4.39 Å². The van der Waals surface area contributed by atoms with Gasteiger partial charge in [0.05, 0.1) is 0 Å². The van der Waals surface area contributed by atoms with Gasteiger partial charge in [0.25, 0.3) is 0 Å². The maximum absolute atomic E-state index is 13.2. The first-order valence-electron chi connectivity index (χ1n) is 8.48. The molecular weight excluding hydrogens is 297 g/mol. The molecule has 5 heteroatoms. The predicted molar refractivity (Wildman–Crippen MR) is 84.8 cm³/mol. The Bertz CT molecular complexity index is 523. The number of carbonyl (C=O) groups excluding carboxylic acids is 1. The molecule has 2 aliphatic rings. The number of amides is 1. The van der Waals surface area contributed by atoms with E-state index in [2.05, 4.69) is 0 Å². The minimum Gasteiger partial charge on any atom is -0.490 e. The van der Waals surface area contributed by atoms with E-state index in [1.807, 2.05) is 4.90 Å². The van der Waals surface area contributed by atoms with E-state index in [0.29, 0.717) is 37.8 Å². The van der Waals surface area contributed by atoms with Crippen LogP contribution in [0.3, 0.4) is 0 Å². The third kappa shape index (κ3) is 4.67. The minimum atomic E-state index is -0.287. The average molecular weight is 321 g/mol. The molecule has 1 unspecified atom stereocenters. The second-order valence-corrected chi connectivity index (χ2v) is 6.44. The van der Waals surface area contributed by atoms with Crippen LogP contribution >= 0.6 is 0 Å². The number of benzene rings is 1. The van der Waals surface area contributed by atoms with Gasteiger partial charge in [0, 0.05) is 51.6 Å². The zero-order valence-electron chi connectivity index (χ0n) is 13.4. The number of hydrogen-bond donors (Lipinski definition) is 0. The SMILES string of the molecule is O=C(CC1CCCOC1)N1CCC(Oc2cccc(F)c2)CC1. The lowest BCUT2D eigenvalue weighted by atomic mass is 9.97. The van der Waals surface area contributed by atoms with Crippen molar-refractivity contribution in [1.82, 2.24) is 4.90 Å². The van der Waals surface area contributed by atoms with Crippen molar-refractivity contribution in [2.24, 2.45) is 5.92 Å². The van der Waals surface area contributed by atoms with Crippen LogP contribution in [0.5, 0.6) is 5.75 Å². The summed E-state index contributed by atoms with van der Waals surface area (Å²) in [5.41, 5.74) is 0. The van der Waals surface area contributed by atoms with Crippen molar-refractivity contribution in [2.75, 3.05) is 26.3 Å². The molecule has 0 spiro atoms. The maximum atomic E-state index is 13.2. The Labute approximate surface area is 136 Å². The Balaban J connectivity index is 1.43. The molecule has 2 fully saturated rings. The zero-order chi connectivity index (χ0) is 16.1. The lowest BCUT2D eigenvalue weighted by molar-refractivity contribution is -0.135. The van der Waals surface area contributed by atoms with Crippen LogP contribution in [0.25, 0.3) is 0 Å². The van der Waals surface area contributed by atoms with E-state index in [0.717, 1.165) is 32.3 Å². The van der Waals surface area contributed by atoms with Crippen LogP contribution in [0.4, 0.5) is 4.39 Å². The third-order valence-electron chi connectivity index (χ3n) is 4.61. The number of rotatable bonds is 4. The van der Waals surface area contributed by atoms with Crippen LogP contribution in [-0.4, -0.2) is 43.2 Å². The summed E-state index contributed by atoms with van der Waals surface area (Å²) < 4.78 is 24.4. The molecule has 3 rings (SSSR count). The van der Waals surface area contributed by atoms with Crippen LogP contribution in [0.2, 0.25) is 0 Å². The molecular formula is C18H24FNO3. The molecule has 0 aromatic heterocycles. The molecule has 0 bridgehead atoms. The number of nitrogens with zero attached hydrogens (tertiary/aromatic N) is 1. The first-order valence-corrected chi connectivity index (χ1v) is 8.48. The molecule has 4 nitrogen and oxygen atoms in total. The Morgan fingerprint density at radius 3 is 2.83 bits per heavy atom. The van der Waals surface area contributed by atoms with Gasteiger partial charge in [-0.3, -0.25) is 4.79 Å². The van der Waals surface area contributed by atoms with Crippen molar-refractivity contribution in [1.29, 1.82) is 0 Å². The largest absolute Gasteiger partial charge is 0.490 e. The zero-order valence-corrected chi connectivity index (χ0v) is 13.4. The van der Waals surface area contributed by atoms with Crippen LogP contribution < -0.4 is 4.74 Å². The van der Waals surface area contributed by atoms with Gasteiger partial charge in [-0.15, -0.1) is 0 Å². The standard InChI is InChI=1S/C18H24FNO3/c19-15-4-1-5-17(12-15)23-16-6-8-20(9-7-16)18(21)11-14-3-2-10-22-13-14/h1,4-5,12,14,16H,2-3,6-11,13H2. The fraction of sp³-hybridized carbons (Fsp3) is 0.611. The smallest absolute Gasteiger partial charge is 0.222 e. The Morgan fingerprint density at radius 2 is 2.13 bits per heavy atom. The van der Waals surface area contributed by atoms with Crippen LogP contribution in [0.15, 0.2) is 24.3 Å². The molecule has 2 saturated heterocycles. The lowest BCUT2D eigenvalue weighted by Crippen LogP contribution is -2.42. The summed E-state index contributed by atoms with van der Waals surface area (Å²) in [4.78, 5) is 14.3. The van der Waals surface area contributed by atoms with Gasteiger partial charge in [-0.2, -0.15) is 0 Å². The quantitative estimate of drug-likeness (QED) is 0.856. The normalized spacial score (nSPS) is 22.8. The number of carbonyl (C=O) groups is 1. The summed E-state index contributed by atoms with van der Waals surface area (Å²) >= 11 is 0. The molecule has 0 saturated carbocycles. The summed E-state index contributed by atoms with van der Waals surface area (Å²) in [7, 11) is 0. The van der Waals surface area contributed by atoms with Crippen molar-refractivity contribution < 1.29 is 18.7 Å². The number of hydrogen-bond acceptors (Lipinski definition) is 3. The van der Waals surface area contributed by atoms with Gasteiger partial charge in [-0.05, 0) is 30.9 Å². The fourth-order valence-electron chi connectivity index (χ4n) is 3.30. The van der Waals surface area contributed by atoms with Crippen LogP contribution in [0.1, 0.15) is 32.1 Å². The number of halogens is 1. The maximum Gasteiger partial charge on any atom is 0.222 e. The summed E-state index contributed by atoms with van der Waals surface area (Å²) in [6.45, 7) is 2.97. The van der Waals surface area contributed by atoms with E-state index < -0.39 is 0 Å². The molecule has 1 aromatic rings. The molecule has 1 atom stereocenters. The van der Waals surface area contributed by atoms with Crippen LogP contribution in [-0.2, 0) is 9.53 Å². The average Bonchev–Trinajstić information content (AvgIpc) is 2.56. The highest BCUT2D eigenvalue weighted by Gasteiger charge is 2.26. The molecule has 2 aliphatic heterocycles. The monoisotopic (exact) mass is 321 g/mol. The molecule has 2 heterocycles. The van der Waals surface area contributed by atoms with Gasteiger partial charge in [0.1, 0.15) is 17.7 Å². The van der Waals surface area contributed by atoms with E-state index in [4.69, 9.17) is 9.47 Å². The van der Waals surface area contributed by atoms with Crippen molar-refractivity contribution in [3.05, 3.63) is 30.1 Å². The van der Waals surface area contributed by atoms with E-state index in [9.17, 15) is 9.18 Å². The number of likely N-dealkylation sites (tertiary alicyclic amines) is 1.